The Morgan fingerprint density at radius 1 is 0.854 bits per heavy atom. The fourth-order valence-corrected chi connectivity index (χ4v) is 9.19. The first kappa shape index (κ1) is 26.6. The Labute approximate surface area is 251 Å². The van der Waals surface area contributed by atoms with Gasteiger partial charge in [0.15, 0.2) is 0 Å². The molecule has 0 amide bonds. The molecular formula is C37H37N2S2+. The largest absolute Gasteiger partial charge is 0.335 e. The zero-order valence-electron chi connectivity index (χ0n) is 24.6. The molecule has 0 fully saturated rings. The molecule has 0 unspecified atom stereocenters. The Balaban J connectivity index is 1.34. The van der Waals surface area contributed by atoms with Gasteiger partial charge >= 0.3 is 0 Å². The van der Waals surface area contributed by atoms with E-state index in [2.05, 4.69) is 129 Å². The maximum atomic E-state index is 2.52. The molecule has 0 saturated carbocycles. The number of hydrogen-bond acceptors (Lipinski definition) is 3. The van der Waals surface area contributed by atoms with E-state index in [4.69, 9.17) is 0 Å². The smallest absolute Gasteiger partial charge is 0.263 e. The number of benzene rings is 4. The van der Waals surface area contributed by atoms with Crippen molar-refractivity contribution in [2.24, 2.45) is 5.41 Å². The highest BCUT2D eigenvalue weighted by Crippen LogP contribution is 2.51. The Morgan fingerprint density at radius 3 is 2.32 bits per heavy atom. The van der Waals surface area contributed by atoms with Crippen molar-refractivity contribution >= 4 is 66.6 Å². The lowest BCUT2D eigenvalue weighted by Gasteiger charge is -2.33. The van der Waals surface area contributed by atoms with Crippen molar-refractivity contribution in [1.82, 2.24) is 0 Å². The first-order valence-electron chi connectivity index (χ1n) is 14.8. The van der Waals surface area contributed by atoms with E-state index in [1.54, 1.807) is 0 Å². The molecule has 0 radical (unpaired) electrons. The molecule has 2 nitrogen and oxygen atoms in total. The highest BCUT2D eigenvalue weighted by atomic mass is 32.2. The van der Waals surface area contributed by atoms with Crippen molar-refractivity contribution in [3.05, 3.63) is 106 Å². The average Bonchev–Trinajstić information content (AvgIpc) is 3.52. The van der Waals surface area contributed by atoms with Gasteiger partial charge < -0.3 is 4.90 Å². The molecule has 1 aliphatic carbocycles. The molecule has 2 heterocycles. The van der Waals surface area contributed by atoms with Gasteiger partial charge in [0, 0.05) is 22.9 Å². The van der Waals surface area contributed by atoms with Gasteiger partial charge in [-0.15, -0.1) is 0 Å². The second-order valence-corrected chi connectivity index (χ2v) is 14.2. The molecule has 7 rings (SSSR count). The third kappa shape index (κ3) is 4.52. The third-order valence-electron chi connectivity index (χ3n) is 8.76. The summed E-state index contributed by atoms with van der Waals surface area (Å²) in [5.74, 6) is 0. The van der Waals surface area contributed by atoms with Crippen LogP contribution in [0.2, 0.25) is 0 Å². The summed E-state index contributed by atoms with van der Waals surface area (Å²) in [5, 5.41) is 8.01. The van der Waals surface area contributed by atoms with E-state index in [1.165, 1.54) is 69.1 Å². The highest BCUT2D eigenvalue weighted by molar-refractivity contribution is 8.03. The van der Waals surface area contributed by atoms with Crippen molar-refractivity contribution in [1.29, 1.82) is 0 Å². The van der Waals surface area contributed by atoms with E-state index >= 15 is 0 Å². The topological polar surface area (TPSA) is 7.12 Å². The summed E-state index contributed by atoms with van der Waals surface area (Å²) in [6.07, 6.45) is 7.19. The first-order chi connectivity index (χ1) is 19.9. The number of fused-ring (bicyclic) bond motifs is 6. The van der Waals surface area contributed by atoms with E-state index in [0.29, 0.717) is 0 Å². The molecule has 4 aromatic carbocycles. The Bertz CT molecular complexity index is 1940. The van der Waals surface area contributed by atoms with Crippen molar-refractivity contribution in [3.8, 4) is 0 Å². The van der Waals surface area contributed by atoms with Gasteiger partial charge in [0.1, 0.15) is 11.2 Å². The molecule has 41 heavy (non-hydrogen) atoms. The summed E-state index contributed by atoms with van der Waals surface area (Å²) in [6.45, 7) is 13.7. The SMILES string of the molecule is CCN1C(=CC2=C(C)C(=Cc3sc4ccc5ccccc5c4[n+]3CC)CC(C)(C)C2)Sc2ccc3ccccc3c21. The van der Waals surface area contributed by atoms with Crippen LogP contribution in [0.4, 0.5) is 5.69 Å². The Morgan fingerprint density at radius 2 is 1.56 bits per heavy atom. The summed E-state index contributed by atoms with van der Waals surface area (Å²) in [4.78, 5) is 3.89. The van der Waals surface area contributed by atoms with Gasteiger partial charge in [-0.25, -0.2) is 0 Å². The van der Waals surface area contributed by atoms with Crippen molar-refractivity contribution in [2.75, 3.05) is 11.4 Å². The highest BCUT2D eigenvalue weighted by Gasteiger charge is 2.32. The van der Waals surface area contributed by atoms with Crippen molar-refractivity contribution < 1.29 is 4.57 Å². The first-order valence-corrected chi connectivity index (χ1v) is 16.4. The third-order valence-corrected chi connectivity index (χ3v) is 11.0. The molecule has 5 aromatic rings. The number of rotatable bonds is 4. The molecule has 0 bridgehead atoms. The Kier molecular flexibility index (Phi) is 6.59. The van der Waals surface area contributed by atoms with Gasteiger partial charge in [-0.1, -0.05) is 91.5 Å². The number of anilines is 1. The molecule has 2 aliphatic rings. The zero-order chi connectivity index (χ0) is 28.3. The maximum absolute atomic E-state index is 2.52. The fourth-order valence-electron chi connectivity index (χ4n) is 6.77. The van der Waals surface area contributed by atoms with Crippen LogP contribution in [0.25, 0.3) is 37.8 Å². The molecule has 206 valence electrons. The van der Waals surface area contributed by atoms with Crippen LogP contribution in [-0.4, -0.2) is 6.54 Å². The lowest BCUT2D eigenvalue weighted by Crippen LogP contribution is -2.34. The van der Waals surface area contributed by atoms with Gasteiger partial charge in [-0.05, 0) is 90.8 Å². The molecule has 1 aliphatic heterocycles. The number of thioether (sulfide) groups is 1. The standard InChI is InChI=1S/C37H37N2S2/c1-6-38-33(40-31-18-16-25-12-8-10-14-29(25)35(31)38)20-27-22-37(4,5)23-28(24(27)3)21-34-39(7-2)36-30-15-11-9-13-26(30)17-19-32(36)41-34/h8-21H,6-7,22-23H2,1-5H3/q+1. The van der Waals surface area contributed by atoms with Crippen LogP contribution < -0.4 is 9.47 Å². The predicted molar refractivity (Wildman–Crippen MR) is 180 cm³/mol. The van der Waals surface area contributed by atoms with Crippen molar-refractivity contribution in [3.63, 3.8) is 0 Å². The number of nitrogens with zero attached hydrogens (tertiary/aromatic N) is 2. The number of hydrogen-bond donors (Lipinski definition) is 0. The second-order valence-electron chi connectivity index (χ2n) is 12.1. The maximum Gasteiger partial charge on any atom is 0.263 e. The minimum absolute atomic E-state index is 0.206. The number of aryl methyl sites for hydroxylation is 1. The monoisotopic (exact) mass is 573 g/mol. The van der Waals surface area contributed by atoms with Gasteiger partial charge in [0.2, 0.25) is 5.52 Å². The normalized spacial score (nSPS) is 18.9. The van der Waals surface area contributed by atoms with E-state index in [1.807, 2.05) is 23.1 Å². The molecule has 4 heteroatoms. The van der Waals surface area contributed by atoms with Crippen LogP contribution in [-0.2, 0) is 6.54 Å². The van der Waals surface area contributed by atoms with E-state index in [9.17, 15) is 0 Å². The molecular weight excluding hydrogens is 537 g/mol. The number of allylic oxidation sites excluding steroid dienone is 4. The van der Waals surface area contributed by atoms with Crippen LogP contribution in [0.1, 0.15) is 52.5 Å². The summed E-state index contributed by atoms with van der Waals surface area (Å²) < 4.78 is 3.89. The molecule has 1 aromatic heterocycles. The van der Waals surface area contributed by atoms with Crippen molar-refractivity contribution in [2.45, 2.75) is 58.9 Å². The summed E-state index contributed by atoms with van der Waals surface area (Å²) >= 11 is 3.85. The van der Waals surface area contributed by atoms with E-state index < -0.39 is 0 Å². The summed E-state index contributed by atoms with van der Waals surface area (Å²) in [5.41, 5.74) is 7.33. The average molecular weight is 574 g/mol. The van der Waals surface area contributed by atoms with Gasteiger partial charge in [-0.2, -0.15) is 4.57 Å². The predicted octanol–water partition coefficient (Wildman–Crippen LogP) is 10.5. The molecule has 0 saturated heterocycles. The van der Waals surface area contributed by atoms with Crippen LogP contribution in [0.5, 0.6) is 0 Å². The lowest BCUT2D eigenvalue weighted by molar-refractivity contribution is -0.664. The van der Waals surface area contributed by atoms with Gasteiger partial charge in [0.25, 0.3) is 5.01 Å². The minimum atomic E-state index is 0.206. The summed E-state index contributed by atoms with van der Waals surface area (Å²) in [6, 6.07) is 26.7. The fraction of sp³-hybridized carbons (Fsp3) is 0.270. The molecule has 0 atom stereocenters. The van der Waals surface area contributed by atoms with Gasteiger partial charge in [-0.3, -0.25) is 0 Å². The van der Waals surface area contributed by atoms with Crippen LogP contribution in [0, 0.1) is 5.41 Å². The molecule has 0 N–H and O–H groups in total. The quantitative estimate of drug-likeness (QED) is 0.197. The Hall–Kier alpha value is -3.34. The number of aromatic nitrogens is 1. The number of thiazole rings is 1. The second kappa shape index (κ2) is 10.2. The van der Waals surface area contributed by atoms with Crippen LogP contribution >= 0.6 is 23.1 Å². The minimum Gasteiger partial charge on any atom is -0.335 e. The van der Waals surface area contributed by atoms with Gasteiger partial charge in [0.05, 0.1) is 16.1 Å². The summed E-state index contributed by atoms with van der Waals surface area (Å²) in [7, 11) is 0. The van der Waals surface area contributed by atoms with Crippen LogP contribution in [0.15, 0.2) is 106 Å². The lowest BCUT2D eigenvalue weighted by atomic mass is 9.72. The van der Waals surface area contributed by atoms with Crippen LogP contribution in [0.3, 0.4) is 0 Å². The molecule has 0 spiro atoms. The van der Waals surface area contributed by atoms with E-state index in [0.717, 1.165) is 25.9 Å². The van der Waals surface area contributed by atoms with E-state index in [-0.39, 0.29) is 5.41 Å². The zero-order valence-corrected chi connectivity index (χ0v) is 26.3.